The first-order valence-corrected chi connectivity index (χ1v) is 6.09. The predicted molar refractivity (Wildman–Crippen MR) is 68.2 cm³/mol. The molecule has 4 nitrogen and oxygen atoms in total. The second kappa shape index (κ2) is 5.23. The number of aromatic nitrogens is 3. The van der Waals surface area contributed by atoms with Crippen molar-refractivity contribution in [2.75, 3.05) is 0 Å². The van der Waals surface area contributed by atoms with E-state index in [2.05, 4.69) is 26.0 Å². The van der Waals surface area contributed by atoms with Crippen molar-refractivity contribution in [1.29, 1.82) is 0 Å². The maximum absolute atomic E-state index is 10.5. The lowest BCUT2D eigenvalue weighted by Gasteiger charge is -2.11. The number of carbonyl (C=O) groups is 1. The molecule has 0 radical (unpaired) electrons. The third kappa shape index (κ3) is 2.61. The monoisotopic (exact) mass is 293 g/mol. The van der Waals surface area contributed by atoms with E-state index in [1.807, 2.05) is 25.1 Å². The van der Waals surface area contributed by atoms with Gasteiger partial charge in [0, 0.05) is 10.9 Å². The molecule has 0 spiro atoms. The molecule has 0 aliphatic carbocycles. The van der Waals surface area contributed by atoms with Gasteiger partial charge in [-0.05, 0) is 39.5 Å². The van der Waals surface area contributed by atoms with Gasteiger partial charge in [0.2, 0.25) is 0 Å². The van der Waals surface area contributed by atoms with Crippen molar-refractivity contribution in [3.05, 3.63) is 40.9 Å². The van der Waals surface area contributed by atoms with Crippen molar-refractivity contribution in [3.63, 3.8) is 0 Å². The highest BCUT2D eigenvalue weighted by Gasteiger charge is 2.09. The number of rotatable bonds is 4. The number of carbonyl (C=O) groups excluding carboxylic acids is 1. The summed E-state index contributed by atoms with van der Waals surface area (Å²) >= 11 is 3.51. The van der Waals surface area contributed by atoms with Crippen molar-refractivity contribution < 1.29 is 4.79 Å². The van der Waals surface area contributed by atoms with Crippen LogP contribution < -0.4 is 0 Å². The van der Waals surface area contributed by atoms with Crippen molar-refractivity contribution in [3.8, 4) is 5.69 Å². The van der Waals surface area contributed by atoms with Gasteiger partial charge < -0.3 is 4.79 Å². The summed E-state index contributed by atoms with van der Waals surface area (Å²) in [5.74, 6) is 0.230. The normalized spacial score (nSPS) is 12.4. The zero-order chi connectivity index (χ0) is 12.3. The van der Waals surface area contributed by atoms with E-state index in [1.165, 1.54) is 6.33 Å². The van der Waals surface area contributed by atoms with E-state index in [9.17, 15) is 4.79 Å². The number of hydrogen-bond donors (Lipinski definition) is 0. The molecule has 17 heavy (non-hydrogen) atoms. The summed E-state index contributed by atoms with van der Waals surface area (Å²) in [4.78, 5) is 14.4. The quantitative estimate of drug-likeness (QED) is 0.815. The van der Waals surface area contributed by atoms with Crippen molar-refractivity contribution in [1.82, 2.24) is 14.8 Å². The van der Waals surface area contributed by atoms with E-state index < -0.39 is 0 Å². The van der Waals surface area contributed by atoms with Crippen LogP contribution in [0.5, 0.6) is 0 Å². The van der Waals surface area contributed by atoms with Crippen LogP contribution in [0.4, 0.5) is 0 Å². The lowest BCUT2D eigenvalue weighted by Crippen LogP contribution is -1.99. The molecule has 1 aromatic heterocycles. The average Bonchev–Trinajstić information content (AvgIpc) is 2.82. The summed E-state index contributed by atoms with van der Waals surface area (Å²) < 4.78 is 2.64. The highest BCUT2D eigenvalue weighted by atomic mass is 79.9. The van der Waals surface area contributed by atoms with Crippen LogP contribution in [-0.2, 0) is 4.79 Å². The van der Waals surface area contributed by atoms with Gasteiger partial charge in [0.1, 0.15) is 18.9 Å². The van der Waals surface area contributed by atoms with Crippen LogP contribution in [0, 0.1) is 0 Å². The van der Waals surface area contributed by atoms with E-state index in [0.717, 1.165) is 22.0 Å². The topological polar surface area (TPSA) is 47.8 Å². The zero-order valence-electron chi connectivity index (χ0n) is 9.38. The molecule has 5 heteroatoms. The Morgan fingerprint density at radius 2 is 2.35 bits per heavy atom. The highest BCUT2D eigenvalue weighted by Crippen LogP contribution is 2.26. The summed E-state index contributed by atoms with van der Waals surface area (Å²) in [5, 5.41) is 4.08. The minimum Gasteiger partial charge on any atom is -0.303 e. The predicted octanol–water partition coefficient (Wildman–Crippen LogP) is 2.72. The molecule has 2 rings (SSSR count). The van der Waals surface area contributed by atoms with Gasteiger partial charge in [0.15, 0.2) is 0 Å². The molecule has 0 saturated carbocycles. The smallest absolute Gasteiger partial charge is 0.138 e. The first kappa shape index (κ1) is 12.0. The maximum atomic E-state index is 10.5. The van der Waals surface area contributed by atoms with Gasteiger partial charge in [-0.25, -0.2) is 9.67 Å². The van der Waals surface area contributed by atoms with Gasteiger partial charge in [0.25, 0.3) is 0 Å². The second-order valence-electron chi connectivity index (χ2n) is 3.85. The first-order chi connectivity index (χ1) is 8.22. The van der Waals surface area contributed by atoms with E-state index in [0.29, 0.717) is 6.42 Å². The van der Waals surface area contributed by atoms with Gasteiger partial charge in [-0.15, -0.1) is 0 Å². The Kier molecular flexibility index (Phi) is 3.68. The number of aldehydes is 1. The molecule has 1 heterocycles. The fourth-order valence-corrected chi connectivity index (χ4v) is 2.21. The molecule has 0 bridgehead atoms. The minimum atomic E-state index is 0.230. The van der Waals surface area contributed by atoms with E-state index in [1.54, 1.807) is 11.0 Å². The molecule has 0 saturated heterocycles. The number of halogens is 1. The first-order valence-electron chi connectivity index (χ1n) is 5.30. The molecular formula is C12H12BrN3O. The second-order valence-corrected chi connectivity index (χ2v) is 4.71. The molecule has 1 aromatic carbocycles. The van der Waals surface area contributed by atoms with Crippen LogP contribution in [-0.4, -0.2) is 21.1 Å². The van der Waals surface area contributed by atoms with Gasteiger partial charge in [-0.2, -0.15) is 5.10 Å². The van der Waals surface area contributed by atoms with E-state index in [4.69, 9.17) is 0 Å². The van der Waals surface area contributed by atoms with Crippen LogP contribution in [0.1, 0.15) is 24.8 Å². The number of hydrogen-bond acceptors (Lipinski definition) is 3. The molecule has 0 aliphatic rings. The Morgan fingerprint density at radius 3 is 2.94 bits per heavy atom. The third-order valence-corrected chi connectivity index (χ3v) is 3.29. The lowest BCUT2D eigenvalue weighted by molar-refractivity contribution is -0.108. The number of benzene rings is 1. The Balaban J connectivity index is 2.32. The van der Waals surface area contributed by atoms with Gasteiger partial charge in [-0.1, -0.05) is 13.0 Å². The molecule has 2 aromatic rings. The largest absolute Gasteiger partial charge is 0.303 e. The summed E-state index contributed by atoms with van der Waals surface area (Å²) in [7, 11) is 0. The Morgan fingerprint density at radius 1 is 1.53 bits per heavy atom. The highest BCUT2D eigenvalue weighted by molar-refractivity contribution is 9.10. The molecule has 0 aliphatic heterocycles. The summed E-state index contributed by atoms with van der Waals surface area (Å²) in [6, 6.07) is 6.00. The Labute approximate surface area is 108 Å². The van der Waals surface area contributed by atoms with Crippen LogP contribution in [0.3, 0.4) is 0 Å². The van der Waals surface area contributed by atoms with Crippen LogP contribution in [0.2, 0.25) is 0 Å². The number of nitrogens with zero attached hydrogens (tertiary/aromatic N) is 3. The van der Waals surface area contributed by atoms with Gasteiger partial charge in [0.05, 0.1) is 5.69 Å². The van der Waals surface area contributed by atoms with E-state index >= 15 is 0 Å². The van der Waals surface area contributed by atoms with Crippen molar-refractivity contribution in [2.45, 2.75) is 19.3 Å². The van der Waals surface area contributed by atoms with Gasteiger partial charge in [-0.3, -0.25) is 0 Å². The standard InChI is InChI=1S/C12H12BrN3O/c1-9(4-5-17)10-2-3-12(11(13)6-10)16-8-14-7-15-16/h2-3,5-9H,4H2,1H3. The summed E-state index contributed by atoms with van der Waals surface area (Å²) in [6.07, 6.45) is 4.63. The van der Waals surface area contributed by atoms with E-state index in [-0.39, 0.29) is 5.92 Å². The maximum Gasteiger partial charge on any atom is 0.138 e. The molecule has 88 valence electrons. The Hall–Kier alpha value is -1.49. The SMILES string of the molecule is CC(CC=O)c1ccc(-n2cncn2)c(Br)c1. The van der Waals surface area contributed by atoms with Crippen LogP contribution in [0.25, 0.3) is 5.69 Å². The van der Waals surface area contributed by atoms with Crippen molar-refractivity contribution >= 4 is 22.2 Å². The Bertz CT molecular complexity index is 510. The molecule has 1 atom stereocenters. The summed E-state index contributed by atoms with van der Waals surface area (Å²) in [5.41, 5.74) is 2.07. The molecule has 0 amide bonds. The van der Waals surface area contributed by atoms with Crippen LogP contribution >= 0.6 is 15.9 Å². The lowest BCUT2D eigenvalue weighted by atomic mass is 9.98. The molecule has 0 fully saturated rings. The fourth-order valence-electron chi connectivity index (χ4n) is 1.63. The zero-order valence-corrected chi connectivity index (χ0v) is 11.0. The molecule has 1 unspecified atom stereocenters. The molecular weight excluding hydrogens is 282 g/mol. The molecule has 0 N–H and O–H groups in total. The fraction of sp³-hybridized carbons (Fsp3) is 0.250. The van der Waals surface area contributed by atoms with Crippen LogP contribution in [0.15, 0.2) is 35.3 Å². The average molecular weight is 294 g/mol. The van der Waals surface area contributed by atoms with Gasteiger partial charge >= 0.3 is 0 Å². The third-order valence-electron chi connectivity index (χ3n) is 2.66. The minimum absolute atomic E-state index is 0.230. The van der Waals surface area contributed by atoms with Crippen molar-refractivity contribution in [2.24, 2.45) is 0 Å². The summed E-state index contributed by atoms with van der Waals surface area (Å²) in [6.45, 7) is 2.03.